The molecule has 0 spiro atoms. The number of likely N-dealkylation sites (tertiary alicyclic amines) is 1. The summed E-state index contributed by atoms with van der Waals surface area (Å²) < 4.78 is 43.6. The molecule has 1 heterocycles. The number of anilines is 1. The zero-order valence-electron chi connectivity index (χ0n) is 18.5. The highest BCUT2D eigenvalue weighted by Gasteiger charge is 2.30. The monoisotopic (exact) mass is 477 g/mol. The maximum atomic E-state index is 12.8. The SMILES string of the molecule is O=C(COc1ccc(C(=O)NCCC(=O)N2CCCCC2)cc1)Nc1cccc(C(F)(F)F)c1. The Morgan fingerprint density at radius 2 is 1.68 bits per heavy atom. The zero-order valence-corrected chi connectivity index (χ0v) is 18.5. The standard InChI is InChI=1S/C24H26F3N3O4/c25-24(26,27)18-5-4-6-19(15-18)29-21(31)16-34-20-9-7-17(8-10-20)23(33)28-12-11-22(32)30-13-2-1-3-14-30/h4-10,15H,1-3,11-14,16H2,(H,28,33)(H,29,31). The molecule has 3 rings (SSSR count). The molecule has 0 aromatic heterocycles. The highest BCUT2D eigenvalue weighted by atomic mass is 19.4. The molecule has 0 aliphatic carbocycles. The molecule has 0 bridgehead atoms. The number of amides is 3. The highest BCUT2D eigenvalue weighted by Crippen LogP contribution is 2.30. The lowest BCUT2D eigenvalue weighted by atomic mass is 10.1. The number of nitrogens with zero attached hydrogens (tertiary/aromatic N) is 1. The van der Waals surface area contributed by atoms with E-state index in [2.05, 4.69) is 10.6 Å². The normalized spacial score (nSPS) is 13.8. The number of benzene rings is 2. The van der Waals surface area contributed by atoms with E-state index in [0.717, 1.165) is 44.5 Å². The topological polar surface area (TPSA) is 87.7 Å². The largest absolute Gasteiger partial charge is 0.484 e. The average Bonchev–Trinajstić information content (AvgIpc) is 2.83. The molecule has 182 valence electrons. The molecule has 0 radical (unpaired) electrons. The van der Waals surface area contributed by atoms with Crippen molar-refractivity contribution in [2.45, 2.75) is 31.9 Å². The van der Waals surface area contributed by atoms with Gasteiger partial charge in [0, 0.05) is 37.3 Å². The summed E-state index contributed by atoms with van der Waals surface area (Å²) in [6.45, 7) is 1.36. The van der Waals surface area contributed by atoms with E-state index in [0.29, 0.717) is 11.3 Å². The number of hydrogen-bond acceptors (Lipinski definition) is 4. The molecule has 1 saturated heterocycles. The molecule has 0 saturated carbocycles. The first-order valence-electron chi connectivity index (χ1n) is 11.0. The quantitative estimate of drug-likeness (QED) is 0.605. The van der Waals surface area contributed by atoms with E-state index in [1.807, 2.05) is 4.90 Å². The molecule has 2 N–H and O–H groups in total. The van der Waals surface area contributed by atoms with Crippen LogP contribution < -0.4 is 15.4 Å². The number of hydrogen-bond donors (Lipinski definition) is 2. The molecule has 7 nitrogen and oxygen atoms in total. The lowest BCUT2D eigenvalue weighted by molar-refractivity contribution is -0.137. The van der Waals surface area contributed by atoms with Crippen molar-refractivity contribution in [3.8, 4) is 5.75 Å². The molecule has 34 heavy (non-hydrogen) atoms. The van der Waals surface area contributed by atoms with Gasteiger partial charge in [0.25, 0.3) is 11.8 Å². The number of piperidine rings is 1. The Bertz CT molecular complexity index is 1000. The second-order valence-corrected chi connectivity index (χ2v) is 7.89. The van der Waals surface area contributed by atoms with Gasteiger partial charge in [-0.3, -0.25) is 14.4 Å². The summed E-state index contributed by atoms with van der Waals surface area (Å²) in [6.07, 6.45) is -1.10. The number of carbonyl (C=O) groups is 3. The van der Waals surface area contributed by atoms with Gasteiger partial charge in [-0.1, -0.05) is 6.07 Å². The van der Waals surface area contributed by atoms with Crippen molar-refractivity contribution in [3.05, 3.63) is 59.7 Å². The minimum Gasteiger partial charge on any atom is -0.484 e. The predicted molar refractivity (Wildman–Crippen MR) is 119 cm³/mol. The van der Waals surface area contributed by atoms with E-state index in [1.165, 1.54) is 36.4 Å². The predicted octanol–water partition coefficient (Wildman–Crippen LogP) is 3.86. The minimum absolute atomic E-state index is 0.00853. The zero-order chi connectivity index (χ0) is 24.6. The molecule has 10 heteroatoms. The fraction of sp³-hybridized carbons (Fsp3) is 0.375. The van der Waals surface area contributed by atoms with Gasteiger partial charge in [-0.2, -0.15) is 13.2 Å². The molecule has 1 aliphatic heterocycles. The summed E-state index contributed by atoms with van der Waals surface area (Å²) in [5.74, 6) is -0.608. The Hall–Kier alpha value is -3.56. The van der Waals surface area contributed by atoms with Crippen molar-refractivity contribution in [2.24, 2.45) is 0 Å². The van der Waals surface area contributed by atoms with Crippen molar-refractivity contribution in [1.29, 1.82) is 0 Å². The van der Waals surface area contributed by atoms with Gasteiger partial charge >= 0.3 is 6.18 Å². The van der Waals surface area contributed by atoms with Crippen molar-refractivity contribution in [2.75, 3.05) is 31.6 Å². The first-order chi connectivity index (χ1) is 16.2. The Morgan fingerprint density at radius 1 is 0.971 bits per heavy atom. The van der Waals surface area contributed by atoms with Crippen molar-refractivity contribution in [3.63, 3.8) is 0 Å². The van der Waals surface area contributed by atoms with Crippen LogP contribution >= 0.6 is 0 Å². The van der Waals surface area contributed by atoms with Gasteiger partial charge in [-0.25, -0.2) is 0 Å². The Labute approximate surface area is 195 Å². The van der Waals surface area contributed by atoms with Gasteiger partial charge in [0.05, 0.1) is 5.56 Å². The van der Waals surface area contributed by atoms with Gasteiger partial charge in [0.2, 0.25) is 5.91 Å². The fourth-order valence-corrected chi connectivity index (χ4v) is 3.51. The number of halogens is 3. The molecular formula is C24H26F3N3O4. The molecule has 1 fully saturated rings. The number of rotatable bonds is 8. The van der Waals surface area contributed by atoms with E-state index in [1.54, 1.807) is 0 Å². The van der Waals surface area contributed by atoms with Gasteiger partial charge in [0.1, 0.15) is 5.75 Å². The van der Waals surface area contributed by atoms with Gasteiger partial charge in [0.15, 0.2) is 6.61 Å². The van der Waals surface area contributed by atoms with Crippen LogP contribution in [0.5, 0.6) is 5.75 Å². The molecule has 2 aromatic carbocycles. The molecule has 0 unspecified atom stereocenters. The number of alkyl halides is 3. The van der Waals surface area contributed by atoms with Crippen LogP contribution in [0.3, 0.4) is 0 Å². The summed E-state index contributed by atoms with van der Waals surface area (Å²) in [4.78, 5) is 38.2. The van der Waals surface area contributed by atoms with Crippen LogP contribution in [0.2, 0.25) is 0 Å². The maximum Gasteiger partial charge on any atom is 0.416 e. The number of nitrogens with one attached hydrogen (secondary N) is 2. The second kappa shape index (κ2) is 11.5. The summed E-state index contributed by atoms with van der Waals surface area (Å²) in [5.41, 5.74) is -0.489. The van der Waals surface area contributed by atoms with E-state index in [4.69, 9.17) is 4.74 Å². The van der Waals surface area contributed by atoms with Crippen LogP contribution in [0.4, 0.5) is 18.9 Å². The van der Waals surface area contributed by atoms with Crippen LogP contribution in [0, 0.1) is 0 Å². The Morgan fingerprint density at radius 3 is 2.35 bits per heavy atom. The third-order valence-electron chi connectivity index (χ3n) is 5.29. The van der Waals surface area contributed by atoms with E-state index in [9.17, 15) is 27.6 Å². The highest BCUT2D eigenvalue weighted by molar-refractivity contribution is 5.94. The van der Waals surface area contributed by atoms with Crippen LogP contribution in [0.15, 0.2) is 48.5 Å². The minimum atomic E-state index is -4.51. The molecular weight excluding hydrogens is 451 g/mol. The first kappa shape index (κ1) is 25.1. The molecule has 1 aliphatic rings. The van der Waals surface area contributed by atoms with E-state index < -0.39 is 24.3 Å². The number of carbonyl (C=O) groups excluding carboxylic acids is 3. The second-order valence-electron chi connectivity index (χ2n) is 7.89. The lowest BCUT2D eigenvalue weighted by Crippen LogP contribution is -2.37. The Kier molecular flexibility index (Phi) is 8.50. The summed E-state index contributed by atoms with van der Waals surface area (Å²) in [5, 5.41) is 5.06. The molecule has 2 aromatic rings. The third kappa shape index (κ3) is 7.50. The van der Waals surface area contributed by atoms with Gasteiger partial charge < -0.3 is 20.3 Å². The fourth-order valence-electron chi connectivity index (χ4n) is 3.51. The molecule has 0 atom stereocenters. The smallest absolute Gasteiger partial charge is 0.416 e. The third-order valence-corrected chi connectivity index (χ3v) is 5.29. The maximum absolute atomic E-state index is 12.8. The van der Waals surface area contributed by atoms with Crippen molar-refractivity contribution in [1.82, 2.24) is 10.2 Å². The first-order valence-corrected chi connectivity index (χ1v) is 11.0. The van der Waals surface area contributed by atoms with Crippen LogP contribution in [0.1, 0.15) is 41.6 Å². The van der Waals surface area contributed by atoms with Crippen molar-refractivity contribution >= 4 is 23.4 Å². The lowest BCUT2D eigenvalue weighted by Gasteiger charge is -2.26. The average molecular weight is 477 g/mol. The summed E-state index contributed by atoms with van der Waals surface area (Å²) in [6, 6.07) is 10.3. The van der Waals surface area contributed by atoms with Crippen LogP contribution in [-0.2, 0) is 15.8 Å². The number of ether oxygens (including phenoxy) is 1. The Balaban J connectivity index is 1.41. The van der Waals surface area contributed by atoms with Gasteiger partial charge in [-0.15, -0.1) is 0 Å². The van der Waals surface area contributed by atoms with Crippen LogP contribution in [0.25, 0.3) is 0 Å². The van der Waals surface area contributed by atoms with Crippen molar-refractivity contribution < 1.29 is 32.3 Å². The van der Waals surface area contributed by atoms with Crippen LogP contribution in [-0.4, -0.2) is 48.9 Å². The summed E-state index contributed by atoms with van der Waals surface area (Å²) in [7, 11) is 0. The summed E-state index contributed by atoms with van der Waals surface area (Å²) >= 11 is 0. The van der Waals surface area contributed by atoms with E-state index in [-0.39, 0.29) is 30.5 Å². The van der Waals surface area contributed by atoms with E-state index >= 15 is 0 Å². The van der Waals surface area contributed by atoms with Gasteiger partial charge in [-0.05, 0) is 61.7 Å². The molecule has 3 amide bonds.